The predicted octanol–water partition coefficient (Wildman–Crippen LogP) is 7.12. The number of rotatable bonds is 5. The average Bonchev–Trinajstić information content (AvgIpc) is 3.25. The van der Waals surface area contributed by atoms with E-state index in [1.165, 1.54) is 47.9 Å². The molecule has 0 heteroatoms. The van der Waals surface area contributed by atoms with E-state index in [1.54, 1.807) is 33.4 Å². The van der Waals surface area contributed by atoms with Gasteiger partial charge in [0.15, 0.2) is 0 Å². The topological polar surface area (TPSA) is 0 Å². The quantitative estimate of drug-likeness (QED) is 0.463. The second kappa shape index (κ2) is 6.91. The summed E-state index contributed by atoms with van der Waals surface area (Å²) in [5.41, 5.74) is 15.5. The molecule has 0 aromatic heterocycles. The first-order valence-electron chi connectivity index (χ1n) is 10.3. The van der Waals surface area contributed by atoms with Crippen molar-refractivity contribution >= 4 is 5.57 Å². The Bertz CT molecular complexity index is 922. The van der Waals surface area contributed by atoms with E-state index in [-0.39, 0.29) is 0 Å². The SMILES string of the molecule is CCCc1c(C)c(C2=CC=CC2)c2c(c1CCC)-c1ccc(C)cc1C2. The molecule has 0 spiro atoms. The van der Waals surface area contributed by atoms with Crippen LogP contribution in [0.15, 0.2) is 36.4 Å². The van der Waals surface area contributed by atoms with Gasteiger partial charge < -0.3 is 0 Å². The Kier molecular flexibility index (Phi) is 4.61. The van der Waals surface area contributed by atoms with E-state index in [0.717, 1.165) is 12.8 Å². The second-order valence-electron chi connectivity index (χ2n) is 7.97. The van der Waals surface area contributed by atoms with Crippen LogP contribution in [0.5, 0.6) is 0 Å². The van der Waals surface area contributed by atoms with Gasteiger partial charge in [-0.2, -0.15) is 0 Å². The maximum Gasteiger partial charge on any atom is -0.000709 e. The van der Waals surface area contributed by atoms with Gasteiger partial charge in [-0.05, 0) is 89.6 Å². The zero-order chi connectivity index (χ0) is 18.3. The van der Waals surface area contributed by atoms with Crippen molar-refractivity contribution in [1.82, 2.24) is 0 Å². The van der Waals surface area contributed by atoms with Gasteiger partial charge in [-0.15, -0.1) is 0 Å². The van der Waals surface area contributed by atoms with Crippen LogP contribution in [0.3, 0.4) is 0 Å². The molecule has 0 heterocycles. The highest BCUT2D eigenvalue weighted by molar-refractivity contribution is 5.89. The van der Waals surface area contributed by atoms with Crippen LogP contribution in [0, 0.1) is 13.8 Å². The van der Waals surface area contributed by atoms with Crippen molar-refractivity contribution in [3.63, 3.8) is 0 Å². The van der Waals surface area contributed by atoms with Gasteiger partial charge >= 0.3 is 0 Å². The highest BCUT2D eigenvalue weighted by atomic mass is 14.3. The first-order valence-corrected chi connectivity index (χ1v) is 10.3. The van der Waals surface area contributed by atoms with Gasteiger partial charge in [0, 0.05) is 0 Å². The summed E-state index contributed by atoms with van der Waals surface area (Å²) in [6.07, 6.45) is 13.9. The highest BCUT2D eigenvalue weighted by Gasteiger charge is 2.29. The van der Waals surface area contributed by atoms with Crippen LogP contribution >= 0.6 is 0 Å². The summed E-state index contributed by atoms with van der Waals surface area (Å²) >= 11 is 0. The molecule has 2 aliphatic carbocycles. The van der Waals surface area contributed by atoms with Crippen LogP contribution in [-0.4, -0.2) is 0 Å². The fourth-order valence-electron chi connectivity index (χ4n) is 5.05. The van der Waals surface area contributed by atoms with Gasteiger partial charge in [-0.1, -0.05) is 68.7 Å². The summed E-state index contributed by atoms with van der Waals surface area (Å²) in [6, 6.07) is 7.08. The van der Waals surface area contributed by atoms with Crippen molar-refractivity contribution in [2.24, 2.45) is 0 Å². The molecule has 0 bridgehead atoms. The van der Waals surface area contributed by atoms with E-state index in [9.17, 15) is 0 Å². The van der Waals surface area contributed by atoms with Crippen molar-refractivity contribution in [2.75, 3.05) is 0 Å². The standard InChI is InChI=1S/C26H30/c1-5-9-21-18(4)25(19-11-7-8-12-19)24-16-20-15-17(3)13-14-22(20)26(24)23(21)10-6-2/h7-8,11,13-15H,5-6,9-10,12,16H2,1-4H3. The number of aryl methyl sites for hydroxylation is 1. The molecule has 0 nitrogen and oxygen atoms in total. The molecule has 26 heavy (non-hydrogen) atoms. The molecule has 0 fully saturated rings. The van der Waals surface area contributed by atoms with E-state index in [0.29, 0.717) is 0 Å². The summed E-state index contributed by atoms with van der Waals surface area (Å²) in [4.78, 5) is 0. The maximum absolute atomic E-state index is 2.41. The third kappa shape index (κ3) is 2.67. The van der Waals surface area contributed by atoms with E-state index in [2.05, 4.69) is 64.1 Å². The fourth-order valence-corrected chi connectivity index (χ4v) is 5.05. The van der Waals surface area contributed by atoms with Gasteiger partial charge in [0.2, 0.25) is 0 Å². The first kappa shape index (κ1) is 17.3. The number of hydrogen-bond donors (Lipinski definition) is 0. The second-order valence-corrected chi connectivity index (χ2v) is 7.97. The highest BCUT2D eigenvalue weighted by Crippen LogP contribution is 2.47. The zero-order valence-electron chi connectivity index (χ0n) is 16.7. The molecule has 2 aromatic carbocycles. The predicted molar refractivity (Wildman–Crippen MR) is 114 cm³/mol. The third-order valence-electron chi connectivity index (χ3n) is 6.09. The van der Waals surface area contributed by atoms with Gasteiger partial charge in [0.1, 0.15) is 0 Å². The van der Waals surface area contributed by atoms with Crippen LogP contribution < -0.4 is 0 Å². The van der Waals surface area contributed by atoms with E-state index in [4.69, 9.17) is 0 Å². The largest absolute Gasteiger partial charge is 0.0801 e. The molecular formula is C26H30. The van der Waals surface area contributed by atoms with Crippen molar-refractivity contribution in [3.05, 3.63) is 75.4 Å². The maximum atomic E-state index is 2.41. The molecule has 0 aliphatic heterocycles. The lowest BCUT2D eigenvalue weighted by Crippen LogP contribution is -2.07. The van der Waals surface area contributed by atoms with Gasteiger partial charge in [0.25, 0.3) is 0 Å². The minimum Gasteiger partial charge on any atom is -0.0801 e. The molecule has 2 aromatic rings. The lowest BCUT2D eigenvalue weighted by Gasteiger charge is -2.23. The molecule has 0 unspecified atom stereocenters. The summed E-state index contributed by atoms with van der Waals surface area (Å²) in [5, 5.41) is 0. The minimum absolute atomic E-state index is 1.08. The van der Waals surface area contributed by atoms with E-state index >= 15 is 0 Å². The Morgan fingerprint density at radius 3 is 2.38 bits per heavy atom. The van der Waals surface area contributed by atoms with Crippen LogP contribution in [-0.2, 0) is 19.3 Å². The Labute approximate surface area is 158 Å². The number of benzene rings is 2. The minimum atomic E-state index is 1.08. The summed E-state index contributed by atoms with van der Waals surface area (Å²) in [5.74, 6) is 0. The first-order chi connectivity index (χ1) is 12.7. The number of fused-ring (bicyclic) bond motifs is 3. The smallest absolute Gasteiger partial charge is 0.000709 e. The molecule has 134 valence electrons. The zero-order valence-corrected chi connectivity index (χ0v) is 16.7. The van der Waals surface area contributed by atoms with Gasteiger partial charge in [-0.3, -0.25) is 0 Å². The van der Waals surface area contributed by atoms with Gasteiger partial charge in [-0.25, -0.2) is 0 Å². The molecule has 2 aliphatic rings. The van der Waals surface area contributed by atoms with Crippen LogP contribution in [0.2, 0.25) is 0 Å². The number of hydrogen-bond acceptors (Lipinski definition) is 0. The average molecular weight is 343 g/mol. The molecule has 0 amide bonds. The third-order valence-corrected chi connectivity index (χ3v) is 6.09. The molecule has 0 radical (unpaired) electrons. The van der Waals surface area contributed by atoms with Crippen molar-refractivity contribution in [1.29, 1.82) is 0 Å². The summed E-state index contributed by atoms with van der Waals surface area (Å²) < 4.78 is 0. The Hall–Kier alpha value is -2.08. The van der Waals surface area contributed by atoms with E-state index < -0.39 is 0 Å². The summed E-state index contributed by atoms with van der Waals surface area (Å²) in [7, 11) is 0. The summed E-state index contributed by atoms with van der Waals surface area (Å²) in [6.45, 7) is 9.23. The molecule has 0 atom stereocenters. The van der Waals surface area contributed by atoms with Crippen LogP contribution in [0.25, 0.3) is 16.7 Å². The van der Waals surface area contributed by atoms with Gasteiger partial charge in [0.05, 0.1) is 0 Å². The normalized spacial score (nSPS) is 14.5. The molecule has 0 saturated heterocycles. The lowest BCUT2D eigenvalue weighted by atomic mass is 9.81. The van der Waals surface area contributed by atoms with Crippen molar-refractivity contribution < 1.29 is 0 Å². The fraction of sp³-hybridized carbons (Fsp3) is 0.385. The molecular weight excluding hydrogens is 312 g/mol. The monoisotopic (exact) mass is 342 g/mol. The Morgan fingerprint density at radius 1 is 0.923 bits per heavy atom. The Balaban J connectivity index is 2.04. The molecule has 4 rings (SSSR count). The number of allylic oxidation sites excluding steroid dienone is 4. The molecule has 0 saturated carbocycles. The van der Waals surface area contributed by atoms with Crippen molar-refractivity contribution in [2.45, 2.75) is 66.2 Å². The van der Waals surface area contributed by atoms with Crippen molar-refractivity contribution in [3.8, 4) is 11.1 Å². The van der Waals surface area contributed by atoms with Crippen LogP contribution in [0.4, 0.5) is 0 Å². The van der Waals surface area contributed by atoms with E-state index in [1.807, 2.05) is 0 Å². The Morgan fingerprint density at radius 2 is 1.69 bits per heavy atom. The molecule has 0 N–H and O–H groups in total. The van der Waals surface area contributed by atoms with Crippen LogP contribution in [0.1, 0.15) is 72.1 Å². The lowest BCUT2D eigenvalue weighted by molar-refractivity contribution is 0.853.